The zero-order valence-electron chi connectivity index (χ0n) is 13.4. The fraction of sp³-hybridized carbons (Fsp3) is 0.333. The van der Waals surface area contributed by atoms with Gasteiger partial charge in [0, 0.05) is 51.2 Å². The highest BCUT2D eigenvalue weighted by Gasteiger charge is 2.06. The van der Waals surface area contributed by atoms with E-state index in [1.54, 1.807) is 25.4 Å². The first-order valence-corrected chi connectivity index (χ1v) is 7.34. The fourth-order valence-electron chi connectivity index (χ4n) is 2.07. The Morgan fingerprint density at radius 3 is 2.88 bits per heavy atom. The quantitative estimate of drug-likeness (QED) is 0.170. The number of nitro benzene ring substituents is 1. The van der Waals surface area contributed by atoms with Crippen molar-refractivity contribution in [2.75, 3.05) is 13.6 Å². The first-order chi connectivity index (χ1) is 11.2. The normalized spacial score (nSPS) is 10.8. The van der Waals surface area contributed by atoms with Gasteiger partial charge in [0.15, 0.2) is 5.96 Å². The molecule has 0 spiro atoms. The lowest BCUT2D eigenvalue weighted by Gasteiger charge is -2.12. The third kappa shape index (κ3) is 6.52. The van der Waals surface area contributed by atoms with E-state index in [-0.39, 0.29) is 29.7 Å². The van der Waals surface area contributed by atoms with Crippen LogP contribution in [0, 0.1) is 10.1 Å². The van der Waals surface area contributed by atoms with E-state index in [0.717, 1.165) is 25.1 Å². The summed E-state index contributed by atoms with van der Waals surface area (Å²) in [6.45, 7) is 2.07. The van der Waals surface area contributed by atoms with Crippen molar-refractivity contribution in [3.63, 3.8) is 0 Å². The van der Waals surface area contributed by atoms with Crippen LogP contribution in [-0.4, -0.2) is 34.3 Å². The van der Waals surface area contributed by atoms with Crippen molar-refractivity contribution in [1.29, 1.82) is 0 Å². The van der Waals surface area contributed by atoms with Crippen molar-refractivity contribution in [2.24, 2.45) is 4.99 Å². The zero-order chi connectivity index (χ0) is 16.5. The molecule has 0 unspecified atom stereocenters. The van der Waals surface area contributed by atoms with Crippen LogP contribution in [0.4, 0.5) is 5.69 Å². The highest BCUT2D eigenvalue weighted by Crippen LogP contribution is 2.12. The number of nitrogens with zero attached hydrogens (tertiary/aromatic N) is 4. The summed E-state index contributed by atoms with van der Waals surface area (Å²) in [5.41, 5.74) is 0.921. The largest absolute Gasteiger partial charge is 0.356 e. The van der Waals surface area contributed by atoms with Crippen molar-refractivity contribution in [1.82, 2.24) is 20.4 Å². The molecule has 24 heavy (non-hydrogen) atoms. The topological polar surface area (TPSA) is 97.4 Å². The summed E-state index contributed by atoms with van der Waals surface area (Å²) >= 11 is 0. The molecule has 0 atom stereocenters. The van der Waals surface area contributed by atoms with Gasteiger partial charge in [-0.15, -0.1) is 24.0 Å². The van der Waals surface area contributed by atoms with Gasteiger partial charge in [-0.2, -0.15) is 5.10 Å². The Hall–Kier alpha value is -2.17. The maximum atomic E-state index is 10.8. The summed E-state index contributed by atoms with van der Waals surface area (Å²) < 4.78 is 1.88. The minimum atomic E-state index is -0.397. The number of rotatable bonds is 7. The molecular weight excluding hydrogens is 423 g/mol. The van der Waals surface area contributed by atoms with Crippen LogP contribution in [-0.2, 0) is 13.1 Å². The van der Waals surface area contributed by atoms with Gasteiger partial charge < -0.3 is 10.6 Å². The van der Waals surface area contributed by atoms with E-state index in [2.05, 4.69) is 20.7 Å². The summed E-state index contributed by atoms with van der Waals surface area (Å²) in [5.74, 6) is 0.664. The van der Waals surface area contributed by atoms with Gasteiger partial charge in [-0.25, -0.2) is 0 Å². The standard InChI is InChI=1S/C15H20N6O2.HI/c1-16-15(17-7-3-9-20-10-4-8-19-20)18-12-13-5-2-6-14(11-13)21(22)23;/h2,4-6,8,10-11H,3,7,9,12H2,1H3,(H2,16,17,18);1H. The van der Waals surface area contributed by atoms with E-state index < -0.39 is 4.92 Å². The number of non-ortho nitro benzene ring substituents is 1. The van der Waals surface area contributed by atoms with E-state index in [0.29, 0.717) is 12.5 Å². The number of guanidine groups is 1. The Balaban J connectivity index is 0.00000288. The number of halogens is 1. The molecule has 0 radical (unpaired) electrons. The van der Waals surface area contributed by atoms with Gasteiger partial charge in [0.05, 0.1) is 4.92 Å². The van der Waals surface area contributed by atoms with Crippen LogP contribution < -0.4 is 10.6 Å². The third-order valence-corrected chi connectivity index (χ3v) is 3.22. The average Bonchev–Trinajstić information content (AvgIpc) is 3.08. The Kier molecular flexibility index (Phi) is 8.76. The number of nitro groups is 1. The van der Waals surface area contributed by atoms with Crippen LogP contribution in [0.3, 0.4) is 0 Å². The molecule has 2 aromatic rings. The molecule has 0 aliphatic heterocycles. The molecule has 1 aromatic carbocycles. The van der Waals surface area contributed by atoms with Gasteiger partial charge in [-0.3, -0.25) is 19.8 Å². The van der Waals surface area contributed by atoms with Crippen LogP contribution in [0.5, 0.6) is 0 Å². The first-order valence-electron chi connectivity index (χ1n) is 7.34. The zero-order valence-corrected chi connectivity index (χ0v) is 15.7. The molecule has 0 fully saturated rings. The molecule has 130 valence electrons. The number of nitrogens with one attached hydrogen (secondary N) is 2. The predicted molar refractivity (Wildman–Crippen MR) is 104 cm³/mol. The van der Waals surface area contributed by atoms with Crippen LogP contribution in [0.25, 0.3) is 0 Å². The molecule has 0 saturated carbocycles. The van der Waals surface area contributed by atoms with Crippen LogP contribution in [0.15, 0.2) is 47.7 Å². The van der Waals surface area contributed by atoms with Crippen molar-refractivity contribution in [3.8, 4) is 0 Å². The summed E-state index contributed by atoms with van der Waals surface area (Å²) in [6.07, 6.45) is 4.60. The van der Waals surface area contributed by atoms with Crippen LogP contribution in [0.2, 0.25) is 0 Å². The summed E-state index contributed by atoms with van der Waals surface area (Å²) in [7, 11) is 1.69. The molecule has 1 aromatic heterocycles. The van der Waals surface area contributed by atoms with Crippen molar-refractivity contribution in [2.45, 2.75) is 19.5 Å². The van der Waals surface area contributed by atoms with Gasteiger partial charge in [0.1, 0.15) is 0 Å². The highest BCUT2D eigenvalue weighted by molar-refractivity contribution is 14.0. The summed E-state index contributed by atoms with van der Waals surface area (Å²) in [5, 5.41) is 21.2. The molecular formula is C15H21IN6O2. The highest BCUT2D eigenvalue weighted by atomic mass is 127. The van der Waals surface area contributed by atoms with E-state index in [9.17, 15) is 10.1 Å². The van der Waals surface area contributed by atoms with Gasteiger partial charge in [0.25, 0.3) is 5.69 Å². The predicted octanol–water partition coefficient (Wildman–Crippen LogP) is 2.16. The van der Waals surface area contributed by atoms with E-state index >= 15 is 0 Å². The minimum Gasteiger partial charge on any atom is -0.356 e. The van der Waals surface area contributed by atoms with Gasteiger partial charge in [0.2, 0.25) is 0 Å². The Morgan fingerprint density at radius 2 is 2.21 bits per heavy atom. The SMILES string of the molecule is CN=C(NCCCn1cccn1)NCc1cccc([N+](=O)[O-])c1.I. The van der Waals surface area contributed by atoms with Gasteiger partial charge in [-0.1, -0.05) is 12.1 Å². The van der Waals surface area contributed by atoms with Gasteiger partial charge >= 0.3 is 0 Å². The number of aliphatic imine (C=N–C) groups is 1. The number of aromatic nitrogens is 2. The Labute approximate surface area is 157 Å². The Bertz CT molecular complexity index is 660. The molecule has 0 aliphatic carbocycles. The molecule has 1 heterocycles. The number of aryl methyl sites for hydroxylation is 1. The maximum absolute atomic E-state index is 10.8. The third-order valence-electron chi connectivity index (χ3n) is 3.22. The molecule has 0 bridgehead atoms. The van der Waals surface area contributed by atoms with E-state index in [1.807, 2.05) is 23.0 Å². The second kappa shape index (κ2) is 10.6. The van der Waals surface area contributed by atoms with E-state index in [4.69, 9.17) is 0 Å². The first kappa shape index (κ1) is 19.9. The fourth-order valence-corrected chi connectivity index (χ4v) is 2.07. The average molecular weight is 444 g/mol. The monoisotopic (exact) mass is 444 g/mol. The van der Waals surface area contributed by atoms with Crippen molar-refractivity contribution < 1.29 is 4.92 Å². The van der Waals surface area contributed by atoms with Gasteiger partial charge in [-0.05, 0) is 18.1 Å². The lowest BCUT2D eigenvalue weighted by Crippen LogP contribution is -2.37. The second-order valence-corrected chi connectivity index (χ2v) is 4.90. The van der Waals surface area contributed by atoms with Crippen molar-refractivity contribution >= 4 is 35.6 Å². The molecule has 9 heteroatoms. The minimum absolute atomic E-state index is 0. The Morgan fingerprint density at radius 1 is 1.38 bits per heavy atom. The van der Waals surface area contributed by atoms with Crippen LogP contribution >= 0.6 is 24.0 Å². The van der Waals surface area contributed by atoms with Crippen LogP contribution in [0.1, 0.15) is 12.0 Å². The van der Waals surface area contributed by atoms with E-state index in [1.165, 1.54) is 6.07 Å². The molecule has 0 aliphatic rings. The molecule has 2 N–H and O–H groups in total. The smallest absolute Gasteiger partial charge is 0.269 e. The number of benzene rings is 1. The maximum Gasteiger partial charge on any atom is 0.269 e. The lowest BCUT2D eigenvalue weighted by atomic mass is 10.2. The number of hydrogen-bond acceptors (Lipinski definition) is 4. The molecule has 0 amide bonds. The summed E-state index contributed by atoms with van der Waals surface area (Å²) in [4.78, 5) is 14.5. The molecule has 8 nitrogen and oxygen atoms in total. The van der Waals surface area contributed by atoms with Crippen molar-refractivity contribution in [3.05, 3.63) is 58.4 Å². The number of hydrogen-bond donors (Lipinski definition) is 2. The lowest BCUT2D eigenvalue weighted by molar-refractivity contribution is -0.384. The molecule has 0 saturated heterocycles. The summed E-state index contributed by atoms with van der Waals surface area (Å²) in [6, 6.07) is 8.44. The molecule has 2 rings (SSSR count). The second-order valence-electron chi connectivity index (χ2n) is 4.90.